The van der Waals surface area contributed by atoms with E-state index in [-0.39, 0.29) is 48.0 Å². The van der Waals surface area contributed by atoms with Crippen molar-refractivity contribution in [1.29, 1.82) is 0 Å². The fourth-order valence-electron chi connectivity index (χ4n) is 3.52. The number of fused-ring (bicyclic) bond motifs is 1. The molecule has 3 aromatic rings. The number of nitrogen functional groups attached to an aromatic ring is 1. The summed E-state index contributed by atoms with van der Waals surface area (Å²) in [5, 5.41) is 14.1. The van der Waals surface area contributed by atoms with Crippen molar-refractivity contribution in [3.8, 4) is 5.88 Å². The highest BCUT2D eigenvalue weighted by atomic mass is 19.1. The van der Waals surface area contributed by atoms with E-state index in [1.165, 1.54) is 10.7 Å². The third-order valence-corrected chi connectivity index (χ3v) is 4.74. The molecule has 1 fully saturated rings. The van der Waals surface area contributed by atoms with Crippen LogP contribution in [0.3, 0.4) is 0 Å². The number of ether oxygens (including phenoxy) is 1. The number of alkyl halides is 1. The molecule has 3 aromatic heterocycles. The number of aromatic hydroxyl groups is 1. The van der Waals surface area contributed by atoms with E-state index in [0.717, 1.165) is 12.3 Å². The van der Waals surface area contributed by atoms with Gasteiger partial charge >= 0.3 is 5.97 Å². The maximum Gasteiger partial charge on any atom is 0.345 e. The third-order valence-electron chi connectivity index (χ3n) is 4.74. The molecule has 152 valence electrons. The number of carbonyl (C=O) groups is 1. The van der Waals surface area contributed by atoms with Gasteiger partial charge in [0.25, 0.3) is 0 Å². The van der Waals surface area contributed by atoms with E-state index in [2.05, 4.69) is 15.1 Å². The van der Waals surface area contributed by atoms with E-state index >= 15 is 0 Å². The Morgan fingerprint density at radius 2 is 2.28 bits per heavy atom. The zero-order chi connectivity index (χ0) is 20.7. The van der Waals surface area contributed by atoms with Gasteiger partial charge in [-0.15, -0.1) is 5.10 Å². The zero-order valence-corrected chi connectivity index (χ0v) is 15.4. The highest BCUT2D eigenvalue weighted by molar-refractivity contribution is 6.00. The molecule has 0 spiro atoms. The van der Waals surface area contributed by atoms with Crippen LogP contribution in [0.15, 0.2) is 24.5 Å². The number of hydrogen-bond donors (Lipinski definition) is 2. The second-order valence-corrected chi connectivity index (χ2v) is 6.60. The summed E-state index contributed by atoms with van der Waals surface area (Å²) in [6.45, 7) is 1.79. The van der Waals surface area contributed by atoms with Crippen molar-refractivity contribution in [2.45, 2.75) is 25.6 Å². The summed E-state index contributed by atoms with van der Waals surface area (Å²) in [4.78, 5) is 21.9. The maximum atomic E-state index is 14.3. The molecule has 11 heteroatoms. The SMILES string of the molecule is CCOC(=O)c1c(N)nn2ccc(N3C[C@@H](F)C[C@@H]3c3cc(F)cnc3O)nc12. The lowest BCUT2D eigenvalue weighted by molar-refractivity contribution is 0.0529. The molecule has 0 unspecified atom stereocenters. The number of carbonyl (C=O) groups excluding carboxylic acids is 1. The number of pyridine rings is 1. The molecule has 0 bridgehead atoms. The van der Waals surface area contributed by atoms with Crippen LogP contribution in [0.5, 0.6) is 5.88 Å². The van der Waals surface area contributed by atoms with Crippen molar-refractivity contribution in [1.82, 2.24) is 19.6 Å². The fourth-order valence-corrected chi connectivity index (χ4v) is 3.52. The van der Waals surface area contributed by atoms with E-state index in [1.807, 2.05) is 0 Å². The van der Waals surface area contributed by atoms with Crippen LogP contribution in [-0.2, 0) is 4.74 Å². The topological polar surface area (TPSA) is 119 Å². The van der Waals surface area contributed by atoms with Crippen LogP contribution in [0.25, 0.3) is 5.65 Å². The quantitative estimate of drug-likeness (QED) is 0.634. The van der Waals surface area contributed by atoms with Gasteiger partial charge < -0.3 is 20.5 Å². The van der Waals surface area contributed by atoms with Crippen molar-refractivity contribution >= 4 is 23.3 Å². The minimum Gasteiger partial charge on any atom is -0.493 e. The Bertz CT molecular complexity index is 1090. The molecule has 0 amide bonds. The van der Waals surface area contributed by atoms with Gasteiger partial charge in [-0.05, 0) is 19.1 Å². The number of rotatable bonds is 4. The molecule has 9 nitrogen and oxygen atoms in total. The largest absolute Gasteiger partial charge is 0.493 e. The standard InChI is InChI=1S/C18H18F2N6O3/c1-2-29-18(28)14-15(21)24-26-4-3-13(23-16(14)26)25-8-10(20)6-12(25)11-5-9(19)7-22-17(11)27/h3-5,7,10,12H,2,6,8H2,1H3,(H2,21,24)(H,22,27)/t10-,12+/m0/s1. The molecule has 1 aliphatic heterocycles. The summed E-state index contributed by atoms with van der Waals surface area (Å²) < 4.78 is 34.3. The maximum absolute atomic E-state index is 14.3. The normalized spacial score (nSPS) is 19.1. The lowest BCUT2D eigenvalue weighted by atomic mass is 10.1. The third kappa shape index (κ3) is 3.28. The van der Waals surface area contributed by atoms with Crippen LogP contribution < -0.4 is 10.6 Å². The summed E-state index contributed by atoms with van der Waals surface area (Å²) in [7, 11) is 0. The van der Waals surface area contributed by atoms with Gasteiger partial charge in [0, 0.05) is 18.2 Å². The summed E-state index contributed by atoms with van der Waals surface area (Å²) in [5.41, 5.74) is 6.16. The average molecular weight is 404 g/mol. The second-order valence-electron chi connectivity index (χ2n) is 6.60. The smallest absolute Gasteiger partial charge is 0.345 e. The minimum atomic E-state index is -1.22. The number of nitrogens with two attached hydrogens (primary N) is 1. The van der Waals surface area contributed by atoms with Gasteiger partial charge in [-0.1, -0.05) is 0 Å². The zero-order valence-electron chi connectivity index (χ0n) is 15.4. The van der Waals surface area contributed by atoms with E-state index < -0.39 is 24.0 Å². The Morgan fingerprint density at radius 1 is 1.48 bits per heavy atom. The monoisotopic (exact) mass is 404 g/mol. The van der Waals surface area contributed by atoms with E-state index in [9.17, 15) is 18.7 Å². The molecule has 1 aliphatic rings. The van der Waals surface area contributed by atoms with Crippen molar-refractivity contribution in [3.63, 3.8) is 0 Å². The summed E-state index contributed by atoms with van der Waals surface area (Å²) in [5.74, 6) is -1.41. The van der Waals surface area contributed by atoms with E-state index in [0.29, 0.717) is 5.82 Å². The Balaban J connectivity index is 1.79. The Morgan fingerprint density at radius 3 is 3.03 bits per heavy atom. The van der Waals surface area contributed by atoms with Gasteiger partial charge in [-0.2, -0.15) is 0 Å². The molecule has 0 aliphatic carbocycles. The highest BCUT2D eigenvalue weighted by Gasteiger charge is 2.36. The van der Waals surface area contributed by atoms with Crippen LogP contribution >= 0.6 is 0 Å². The van der Waals surface area contributed by atoms with Gasteiger partial charge in [0.05, 0.1) is 25.4 Å². The molecule has 1 saturated heterocycles. The Hall–Kier alpha value is -3.50. The molecule has 2 atom stereocenters. The molecule has 0 saturated carbocycles. The highest BCUT2D eigenvalue weighted by Crippen LogP contribution is 2.39. The van der Waals surface area contributed by atoms with Crippen molar-refractivity contribution in [2.75, 3.05) is 23.8 Å². The van der Waals surface area contributed by atoms with Crippen molar-refractivity contribution < 1.29 is 23.4 Å². The lowest BCUT2D eigenvalue weighted by Gasteiger charge is -2.25. The molecule has 0 aromatic carbocycles. The summed E-state index contributed by atoms with van der Waals surface area (Å²) in [6.07, 6.45) is 1.22. The molecule has 4 rings (SSSR count). The summed E-state index contributed by atoms with van der Waals surface area (Å²) >= 11 is 0. The number of aromatic nitrogens is 4. The molecule has 29 heavy (non-hydrogen) atoms. The first-order valence-corrected chi connectivity index (χ1v) is 8.96. The minimum absolute atomic E-state index is 0.0107. The molecule has 4 heterocycles. The van der Waals surface area contributed by atoms with Gasteiger partial charge in [0.1, 0.15) is 23.4 Å². The predicted molar refractivity (Wildman–Crippen MR) is 98.8 cm³/mol. The van der Waals surface area contributed by atoms with Crippen molar-refractivity contribution in [3.05, 3.63) is 41.5 Å². The van der Waals surface area contributed by atoms with Gasteiger partial charge in [0.2, 0.25) is 5.88 Å². The molecular formula is C18H18F2N6O3. The Kier molecular flexibility index (Phi) is 4.65. The molecule has 0 radical (unpaired) electrons. The molecule has 3 N–H and O–H groups in total. The number of halogens is 2. The molecular weight excluding hydrogens is 386 g/mol. The Labute approximate surface area is 163 Å². The van der Waals surface area contributed by atoms with Crippen LogP contribution in [-0.4, -0.2) is 50.0 Å². The van der Waals surface area contributed by atoms with E-state index in [4.69, 9.17) is 10.5 Å². The van der Waals surface area contributed by atoms with Crippen LogP contribution in [0, 0.1) is 5.82 Å². The first kappa shape index (κ1) is 18.8. The number of nitrogens with zero attached hydrogens (tertiary/aromatic N) is 5. The first-order chi connectivity index (χ1) is 13.9. The number of anilines is 2. The van der Waals surface area contributed by atoms with Gasteiger partial charge in [-0.25, -0.2) is 28.1 Å². The summed E-state index contributed by atoms with van der Waals surface area (Å²) in [6, 6.07) is 2.01. The van der Waals surface area contributed by atoms with Gasteiger partial charge in [-0.3, -0.25) is 0 Å². The fraction of sp³-hybridized carbons (Fsp3) is 0.333. The van der Waals surface area contributed by atoms with Crippen LogP contribution in [0.4, 0.5) is 20.4 Å². The number of hydrogen-bond acceptors (Lipinski definition) is 8. The van der Waals surface area contributed by atoms with Crippen LogP contribution in [0.1, 0.15) is 35.3 Å². The second kappa shape index (κ2) is 7.15. The van der Waals surface area contributed by atoms with Crippen molar-refractivity contribution in [2.24, 2.45) is 0 Å². The average Bonchev–Trinajstić information content (AvgIpc) is 3.22. The van der Waals surface area contributed by atoms with E-state index in [1.54, 1.807) is 17.9 Å². The van der Waals surface area contributed by atoms with Crippen LogP contribution in [0.2, 0.25) is 0 Å². The first-order valence-electron chi connectivity index (χ1n) is 8.96. The lowest BCUT2D eigenvalue weighted by Crippen LogP contribution is -2.25. The van der Waals surface area contributed by atoms with Gasteiger partial charge in [0.15, 0.2) is 11.5 Å². The predicted octanol–water partition coefficient (Wildman–Crippen LogP) is 2.02. The number of esters is 1.